The molecule has 6 heteroatoms. The van der Waals surface area contributed by atoms with E-state index in [-0.39, 0.29) is 11.8 Å². The number of rotatable bonds is 1. The Morgan fingerprint density at radius 2 is 1.94 bits per heavy atom. The quantitative estimate of drug-likeness (QED) is 0.609. The molecule has 2 atom stereocenters. The fraction of sp³-hybridized carbons (Fsp3) is 0.727. The van der Waals surface area contributed by atoms with Crippen LogP contribution in [0, 0.1) is 11.8 Å². The number of hydrogen-bond acceptors (Lipinski definition) is 4. The molecule has 0 aliphatic carbocycles. The lowest BCUT2D eigenvalue weighted by Gasteiger charge is -2.20. The van der Waals surface area contributed by atoms with Gasteiger partial charge in [-0.15, -0.1) is 0 Å². The lowest BCUT2D eigenvalue weighted by atomic mass is 10.0. The van der Waals surface area contributed by atoms with Crippen molar-refractivity contribution in [1.29, 1.82) is 0 Å². The largest absolute Gasteiger partial charge is 0.337 e. The van der Waals surface area contributed by atoms with Crippen molar-refractivity contribution in [2.75, 3.05) is 26.2 Å². The maximum atomic E-state index is 12.2. The Morgan fingerprint density at radius 1 is 1.24 bits per heavy atom. The number of carbonyl (C=O) groups excluding carboxylic acids is 2. The van der Waals surface area contributed by atoms with Crippen molar-refractivity contribution in [1.82, 2.24) is 15.6 Å². The monoisotopic (exact) mass is 236 g/mol. The number of fused-ring (bicyclic) bond motifs is 1. The second-order valence-corrected chi connectivity index (χ2v) is 4.98. The first-order chi connectivity index (χ1) is 8.24. The molecule has 92 valence electrons. The van der Waals surface area contributed by atoms with Crippen molar-refractivity contribution in [3.8, 4) is 0 Å². The van der Waals surface area contributed by atoms with Crippen LogP contribution in [0.25, 0.3) is 0 Å². The first-order valence-electron chi connectivity index (χ1n) is 6.09. The van der Waals surface area contributed by atoms with Gasteiger partial charge in [-0.2, -0.15) is 5.10 Å². The minimum atomic E-state index is -0.107. The molecule has 0 aromatic heterocycles. The van der Waals surface area contributed by atoms with E-state index in [2.05, 4.69) is 15.8 Å². The number of nitrogens with one attached hydrogen (secondary N) is 2. The van der Waals surface area contributed by atoms with Gasteiger partial charge in [0.2, 0.25) is 5.91 Å². The van der Waals surface area contributed by atoms with Crippen molar-refractivity contribution in [2.45, 2.75) is 12.8 Å². The van der Waals surface area contributed by atoms with Crippen LogP contribution in [-0.2, 0) is 9.59 Å². The van der Waals surface area contributed by atoms with Gasteiger partial charge in [-0.3, -0.25) is 9.59 Å². The third-order valence-electron chi connectivity index (χ3n) is 3.83. The van der Waals surface area contributed by atoms with Crippen LogP contribution < -0.4 is 10.7 Å². The average Bonchev–Trinajstić information content (AvgIpc) is 2.89. The maximum Gasteiger partial charge on any atom is 0.270 e. The van der Waals surface area contributed by atoms with Gasteiger partial charge in [0.05, 0.1) is 0 Å². The number of hydrazone groups is 1. The summed E-state index contributed by atoms with van der Waals surface area (Å²) in [6.07, 6.45) is 0.835. The topological polar surface area (TPSA) is 73.8 Å². The molecule has 0 radical (unpaired) electrons. The Morgan fingerprint density at radius 3 is 2.53 bits per heavy atom. The molecule has 0 saturated carbocycles. The summed E-state index contributed by atoms with van der Waals surface area (Å²) < 4.78 is 0. The van der Waals surface area contributed by atoms with E-state index in [4.69, 9.17) is 0 Å². The molecule has 3 aliphatic rings. The smallest absolute Gasteiger partial charge is 0.270 e. The SMILES string of the molecule is O=C1CCC(C(=O)N2CC3CNCC3C2)=NN1. The molecule has 2 N–H and O–H groups in total. The van der Waals surface area contributed by atoms with Crippen LogP contribution >= 0.6 is 0 Å². The van der Waals surface area contributed by atoms with Crippen LogP contribution in [0.4, 0.5) is 0 Å². The third-order valence-corrected chi connectivity index (χ3v) is 3.83. The van der Waals surface area contributed by atoms with Gasteiger partial charge in [0, 0.05) is 39.0 Å². The van der Waals surface area contributed by atoms with Crippen molar-refractivity contribution in [2.24, 2.45) is 16.9 Å². The fourth-order valence-electron chi connectivity index (χ4n) is 2.83. The highest BCUT2D eigenvalue weighted by atomic mass is 16.2. The molecule has 0 spiro atoms. The van der Waals surface area contributed by atoms with E-state index in [1.165, 1.54) is 0 Å². The summed E-state index contributed by atoms with van der Waals surface area (Å²) in [6, 6.07) is 0. The van der Waals surface area contributed by atoms with Gasteiger partial charge in [0.15, 0.2) is 0 Å². The predicted molar refractivity (Wildman–Crippen MR) is 61.2 cm³/mol. The highest BCUT2D eigenvalue weighted by Crippen LogP contribution is 2.26. The lowest BCUT2D eigenvalue weighted by Crippen LogP contribution is -2.40. The Hall–Kier alpha value is -1.43. The number of amides is 2. The third kappa shape index (κ3) is 1.93. The van der Waals surface area contributed by atoms with Gasteiger partial charge < -0.3 is 10.2 Å². The van der Waals surface area contributed by atoms with E-state index >= 15 is 0 Å². The van der Waals surface area contributed by atoms with Crippen molar-refractivity contribution < 1.29 is 9.59 Å². The summed E-state index contributed by atoms with van der Waals surface area (Å²) in [4.78, 5) is 25.0. The van der Waals surface area contributed by atoms with Gasteiger partial charge in [-0.1, -0.05) is 0 Å². The van der Waals surface area contributed by atoms with Gasteiger partial charge in [-0.25, -0.2) is 5.43 Å². The Kier molecular flexibility index (Phi) is 2.58. The molecule has 0 bridgehead atoms. The molecule has 2 saturated heterocycles. The molecule has 17 heavy (non-hydrogen) atoms. The Balaban J connectivity index is 1.65. The first kappa shape index (κ1) is 10.7. The van der Waals surface area contributed by atoms with Gasteiger partial charge in [-0.05, 0) is 11.8 Å². The van der Waals surface area contributed by atoms with E-state index < -0.39 is 0 Å². The minimum absolute atomic E-state index is 0.000556. The molecule has 3 rings (SSSR count). The normalized spacial score (nSPS) is 32.1. The molecule has 2 amide bonds. The molecule has 2 unspecified atom stereocenters. The molecular formula is C11H16N4O2. The van der Waals surface area contributed by atoms with Crippen LogP contribution in [0.15, 0.2) is 5.10 Å². The standard InChI is InChI=1S/C11H16N4O2/c16-10-2-1-9(13-14-10)11(17)15-5-7-3-12-4-8(7)6-15/h7-8,12H,1-6H2,(H,14,16). The number of nitrogens with zero attached hydrogens (tertiary/aromatic N) is 2. The second kappa shape index (κ2) is 4.10. The van der Waals surface area contributed by atoms with Crippen molar-refractivity contribution >= 4 is 17.5 Å². The molecule has 3 aliphatic heterocycles. The second-order valence-electron chi connectivity index (χ2n) is 4.98. The Bertz CT molecular complexity index is 381. The lowest BCUT2D eigenvalue weighted by molar-refractivity contribution is -0.124. The average molecular weight is 236 g/mol. The summed E-state index contributed by atoms with van der Waals surface area (Å²) in [5.74, 6) is 1.08. The van der Waals surface area contributed by atoms with E-state index in [9.17, 15) is 9.59 Å². The summed E-state index contributed by atoms with van der Waals surface area (Å²) >= 11 is 0. The summed E-state index contributed by atoms with van der Waals surface area (Å²) in [5.41, 5.74) is 2.87. The summed E-state index contributed by atoms with van der Waals surface area (Å²) in [6.45, 7) is 3.67. The number of hydrogen-bond donors (Lipinski definition) is 2. The summed E-state index contributed by atoms with van der Waals surface area (Å²) in [7, 11) is 0. The van der Waals surface area contributed by atoms with Gasteiger partial charge >= 0.3 is 0 Å². The van der Waals surface area contributed by atoms with E-state index in [0.717, 1.165) is 26.2 Å². The van der Waals surface area contributed by atoms with Crippen LogP contribution in [0.2, 0.25) is 0 Å². The van der Waals surface area contributed by atoms with E-state index in [1.54, 1.807) is 0 Å². The van der Waals surface area contributed by atoms with Gasteiger partial charge in [0.25, 0.3) is 5.91 Å². The number of likely N-dealkylation sites (tertiary alicyclic amines) is 1. The highest BCUT2D eigenvalue weighted by Gasteiger charge is 2.39. The fourth-order valence-corrected chi connectivity index (χ4v) is 2.83. The van der Waals surface area contributed by atoms with Crippen LogP contribution in [0.5, 0.6) is 0 Å². The molecule has 0 aromatic carbocycles. The zero-order chi connectivity index (χ0) is 11.8. The summed E-state index contributed by atoms with van der Waals surface area (Å²) in [5, 5.41) is 7.20. The predicted octanol–water partition coefficient (Wildman–Crippen LogP) is -1.07. The zero-order valence-electron chi connectivity index (χ0n) is 9.61. The number of carbonyl (C=O) groups is 2. The highest BCUT2D eigenvalue weighted by molar-refractivity contribution is 6.39. The maximum absolute atomic E-state index is 12.2. The van der Waals surface area contributed by atoms with Crippen LogP contribution in [0.1, 0.15) is 12.8 Å². The van der Waals surface area contributed by atoms with Gasteiger partial charge in [0.1, 0.15) is 5.71 Å². The Labute approximate surface area is 99.4 Å². The van der Waals surface area contributed by atoms with Crippen LogP contribution in [0.3, 0.4) is 0 Å². The molecule has 6 nitrogen and oxygen atoms in total. The van der Waals surface area contributed by atoms with Crippen molar-refractivity contribution in [3.63, 3.8) is 0 Å². The minimum Gasteiger partial charge on any atom is -0.337 e. The molecule has 2 fully saturated rings. The molecule has 0 aromatic rings. The van der Waals surface area contributed by atoms with E-state index in [1.807, 2.05) is 4.90 Å². The van der Waals surface area contributed by atoms with Crippen LogP contribution in [-0.4, -0.2) is 48.6 Å². The first-order valence-corrected chi connectivity index (χ1v) is 6.09. The zero-order valence-corrected chi connectivity index (χ0v) is 9.61. The molecular weight excluding hydrogens is 220 g/mol. The molecule has 3 heterocycles. The van der Waals surface area contributed by atoms with Crippen molar-refractivity contribution in [3.05, 3.63) is 0 Å². The van der Waals surface area contributed by atoms with E-state index in [0.29, 0.717) is 30.4 Å².